The second-order valence-corrected chi connectivity index (χ2v) is 14.8. The number of alkyl carbamates (subject to hydrolysis) is 1. The summed E-state index contributed by atoms with van der Waals surface area (Å²) >= 11 is 0. The molecule has 3 atom stereocenters. The van der Waals surface area contributed by atoms with Crippen molar-refractivity contribution in [2.75, 3.05) is 58.3 Å². The molecule has 2 saturated heterocycles. The fraction of sp³-hybridized carbons (Fsp3) is 0.559. The van der Waals surface area contributed by atoms with E-state index in [9.17, 15) is 13.2 Å². The van der Waals surface area contributed by atoms with Crippen LogP contribution >= 0.6 is 0 Å². The third kappa shape index (κ3) is 5.77. The summed E-state index contributed by atoms with van der Waals surface area (Å²) in [6.07, 6.45) is 10.2. The number of likely N-dealkylation sites (N-methyl/N-ethyl adjacent to an activating group) is 1. The van der Waals surface area contributed by atoms with Crippen molar-refractivity contribution in [3.63, 3.8) is 0 Å². The average Bonchev–Trinajstić information content (AvgIpc) is 3.47. The summed E-state index contributed by atoms with van der Waals surface area (Å²) < 4.78 is 29.9. The number of carbonyl (C=O) groups excluding carboxylic acids is 1. The Balaban J connectivity index is 1.13. The first-order valence-electron chi connectivity index (χ1n) is 15.7. The van der Waals surface area contributed by atoms with E-state index in [0.717, 1.165) is 83.6 Å². The molecular weight excluding hydrogens is 560 g/mol. The highest BCUT2D eigenvalue weighted by atomic mass is 32.2. The molecule has 3 aliphatic heterocycles. The molecule has 3 fully saturated rings. The Hall–Kier alpha value is -3.06. The maximum absolute atomic E-state index is 12.4. The van der Waals surface area contributed by atoms with Crippen LogP contribution in [0.3, 0.4) is 0 Å². The van der Waals surface area contributed by atoms with Gasteiger partial charge in [0.15, 0.2) is 0 Å². The van der Waals surface area contributed by atoms with Crippen LogP contribution in [-0.4, -0.2) is 83.8 Å². The fourth-order valence-corrected chi connectivity index (χ4v) is 9.24. The summed E-state index contributed by atoms with van der Waals surface area (Å²) in [7, 11) is 0.252. The van der Waals surface area contributed by atoms with Crippen molar-refractivity contribution < 1.29 is 17.9 Å². The zero-order valence-electron chi connectivity index (χ0n) is 25.4. The van der Waals surface area contributed by atoms with Gasteiger partial charge in [-0.1, -0.05) is 24.3 Å². The van der Waals surface area contributed by atoms with Crippen molar-refractivity contribution in [2.45, 2.75) is 55.1 Å². The topological polar surface area (TPSA) is 82.2 Å². The maximum Gasteiger partial charge on any atom is 0.407 e. The zero-order chi connectivity index (χ0) is 30.2. The monoisotopic (exact) mass is 604 g/mol. The van der Waals surface area contributed by atoms with E-state index in [2.05, 4.69) is 51.3 Å². The SMILES string of the molecule is C#CS(=O)(=O)c1ccc(N2CC(CN3CCC(C4(C5CCCC5OC(=O)NC)CN(C)Cc5ccccc54)CC3)C2)cc1. The number of nitrogens with one attached hydrogen (secondary N) is 1. The molecule has 230 valence electrons. The molecule has 0 radical (unpaired) electrons. The van der Waals surface area contributed by atoms with Crippen LogP contribution < -0.4 is 10.2 Å². The van der Waals surface area contributed by atoms with Crippen LogP contribution in [0.1, 0.15) is 43.2 Å². The molecule has 43 heavy (non-hydrogen) atoms. The Morgan fingerprint density at radius 1 is 1.07 bits per heavy atom. The van der Waals surface area contributed by atoms with Crippen LogP contribution in [0, 0.1) is 29.4 Å². The van der Waals surface area contributed by atoms with Crippen LogP contribution in [-0.2, 0) is 26.5 Å². The molecule has 4 aliphatic rings. The first kappa shape index (κ1) is 30.0. The minimum atomic E-state index is -3.64. The highest BCUT2D eigenvalue weighted by Crippen LogP contribution is 2.54. The second kappa shape index (κ2) is 12.1. The van der Waals surface area contributed by atoms with E-state index >= 15 is 0 Å². The first-order valence-corrected chi connectivity index (χ1v) is 17.2. The number of rotatable bonds is 7. The number of amides is 1. The lowest BCUT2D eigenvalue weighted by molar-refractivity contribution is -0.0106. The number of fused-ring (bicyclic) bond motifs is 1. The molecule has 9 heteroatoms. The smallest absolute Gasteiger partial charge is 0.407 e. The minimum Gasteiger partial charge on any atom is -0.446 e. The van der Waals surface area contributed by atoms with Gasteiger partial charge in [0.05, 0.1) is 4.90 Å². The number of hydrogen-bond donors (Lipinski definition) is 1. The summed E-state index contributed by atoms with van der Waals surface area (Å²) in [5, 5.41) is 4.56. The molecule has 1 saturated carbocycles. The van der Waals surface area contributed by atoms with Crippen LogP contribution in [0.5, 0.6) is 0 Å². The third-order valence-corrected chi connectivity index (χ3v) is 11.7. The lowest BCUT2D eigenvalue weighted by Crippen LogP contribution is -2.58. The summed E-state index contributed by atoms with van der Waals surface area (Å²) in [5.41, 5.74) is 3.92. The van der Waals surface area contributed by atoms with E-state index in [0.29, 0.717) is 17.8 Å². The molecule has 0 spiro atoms. The van der Waals surface area contributed by atoms with E-state index in [-0.39, 0.29) is 22.5 Å². The van der Waals surface area contributed by atoms with Crippen molar-refractivity contribution in [1.82, 2.24) is 15.1 Å². The average molecular weight is 605 g/mol. The second-order valence-electron chi connectivity index (χ2n) is 13.1. The molecule has 2 aromatic rings. The Kier molecular flexibility index (Phi) is 8.47. The molecular formula is C34H44N4O4S. The number of hydrogen-bond acceptors (Lipinski definition) is 7. The van der Waals surface area contributed by atoms with Crippen LogP contribution in [0.25, 0.3) is 0 Å². The minimum absolute atomic E-state index is 0.0306. The van der Waals surface area contributed by atoms with Gasteiger partial charge in [-0.3, -0.25) is 0 Å². The number of piperidine rings is 1. The van der Waals surface area contributed by atoms with Crippen molar-refractivity contribution >= 4 is 21.6 Å². The van der Waals surface area contributed by atoms with Gasteiger partial charge in [0.2, 0.25) is 9.84 Å². The lowest BCUT2D eigenvalue weighted by atomic mass is 9.56. The molecule has 0 aromatic heterocycles. The highest BCUT2D eigenvalue weighted by molar-refractivity contribution is 7.96. The number of benzene rings is 2. The largest absolute Gasteiger partial charge is 0.446 e. The van der Waals surface area contributed by atoms with Gasteiger partial charge in [-0.2, -0.15) is 0 Å². The molecule has 1 N–H and O–H groups in total. The van der Waals surface area contributed by atoms with Crippen LogP contribution in [0.15, 0.2) is 53.4 Å². The van der Waals surface area contributed by atoms with Gasteiger partial charge < -0.3 is 24.8 Å². The van der Waals surface area contributed by atoms with E-state index in [1.54, 1.807) is 19.2 Å². The van der Waals surface area contributed by atoms with E-state index in [1.165, 1.54) is 11.1 Å². The number of carbonyl (C=O) groups is 1. The van der Waals surface area contributed by atoms with Gasteiger partial charge in [-0.25, -0.2) is 13.2 Å². The molecule has 3 heterocycles. The molecule has 1 amide bonds. The van der Waals surface area contributed by atoms with E-state index in [4.69, 9.17) is 11.2 Å². The molecule has 0 bridgehead atoms. The van der Waals surface area contributed by atoms with Gasteiger partial charge in [0.25, 0.3) is 0 Å². The van der Waals surface area contributed by atoms with Crippen LogP contribution in [0.4, 0.5) is 10.5 Å². The van der Waals surface area contributed by atoms with Gasteiger partial charge >= 0.3 is 6.09 Å². The van der Waals surface area contributed by atoms with Gasteiger partial charge in [-0.15, -0.1) is 6.42 Å². The Bertz CT molecular complexity index is 1460. The van der Waals surface area contributed by atoms with Crippen molar-refractivity contribution in [2.24, 2.45) is 17.8 Å². The molecule has 8 nitrogen and oxygen atoms in total. The lowest BCUT2D eigenvalue weighted by Gasteiger charge is -2.54. The van der Waals surface area contributed by atoms with E-state index in [1.807, 2.05) is 17.4 Å². The highest BCUT2D eigenvalue weighted by Gasteiger charge is 2.55. The Labute approximate surface area is 256 Å². The standard InChI is InChI=1S/C34H44N4O4S/c1-4-43(40,41)29-14-12-28(13-15-29)38-21-25(22-38)20-37-18-16-27(17-19-37)34(31-10-7-11-32(31)42-33(39)35-2)24-36(3)23-26-8-5-6-9-30(26)34/h1,5-6,8-9,12-15,25,27,31-32H,7,10-11,16-24H2,2-3H3,(H,35,39). The number of sulfone groups is 1. The number of likely N-dealkylation sites (tertiary alicyclic amines) is 1. The molecule has 2 aromatic carbocycles. The Morgan fingerprint density at radius 2 is 1.79 bits per heavy atom. The Morgan fingerprint density at radius 3 is 2.49 bits per heavy atom. The summed E-state index contributed by atoms with van der Waals surface area (Å²) in [4.78, 5) is 20.0. The number of anilines is 1. The molecule has 1 aliphatic carbocycles. The fourth-order valence-electron chi connectivity index (χ4n) is 8.61. The summed E-state index contributed by atoms with van der Waals surface area (Å²) in [6.45, 7) is 7.18. The van der Waals surface area contributed by atoms with Gasteiger partial charge in [0, 0.05) is 68.0 Å². The third-order valence-electron chi connectivity index (χ3n) is 10.5. The van der Waals surface area contributed by atoms with Gasteiger partial charge in [-0.05, 0) is 93.6 Å². The first-order chi connectivity index (χ1) is 20.7. The van der Waals surface area contributed by atoms with E-state index < -0.39 is 9.84 Å². The van der Waals surface area contributed by atoms with Crippen LogP contribution in [0.2, 0.25) is 0 Å². The maximum atomic E-state index is 12.4. The van der Waals surface area contributed by atoms with Gasteiger partial charge in [0.1, 0.15) is 6.10 Å². The van der Waals surface area contributed by atoms with Crippen molar-refractivity contribution in [1.29, 1.82) is 0 Å². The van der Waals surface area contributed by atoms with Crippen molar-refractivity contribution in [3.05, 3.63) is 59.7 Å². The quantitative estimate of drug-likeness (QED) is 0.376. The molecule has 3 unspecified atom stereocenters. The zero-order valence-corrected chi connectivity index (χ0v) is 26.2. The predicted octanol–water partition coefficient (Wildman–Crippen LogP) is 4.11. The van der Waals surface area contributed by atoms with Crippen molar-refractivity contribution in [3.8, 4) is 11.7 Å². The molecule has 6 rings (SSSR count). The normalized spacial score (nSPS) is 27.2. The number of ether oxygens (including phenoxy) is 1. The predicted molar refractivity (Wildman–Crippen MR) is 168 cm³/mol. The number of nitrogens with zero attached hydrogens (tertiary/aromatic N) is 3. The summed E-state index contributed by atoms with van der Waals surface area (Å²) in [6, 6.07) is 15.9. The summed E-state index contributed by atoms with van der Waals surface area (Å²) in [5.74, 6) is 1.44. The number of terminal acetylenes is 1.